The molecule has 20 heavy (non-hydrogen) atoms. The zero-order chi connectivity index (χ0) is 14.4. The second kappa shape index (κ2) is 7.91. The largest absolute Gasteiger partial charge is 0.332 e. The van der Waals surface area contributed by atoms with Crippen molar-refractivity contribution in [1.82, 2.24) is 10.6 Å². The van der Waals surface area contributed by atoms with Gasteiger partial charge in [-0.15, -0.1) is 0 Å². The lowest BCUT2D eigenvalue weighted by Crippen LogP contribution is -2.36. The fourth-order valence-corrected chi connectivity index (χ4v) is 4.55. The molecule has 0 aromatic carbocycles. The van der Waals surface area contributed by atoms with Crippen LogP contribution >= 0.6 is 11.8 Å². The van der Waals surface area contributed by atoms with E-state index in [1.165, 1.54) is 12.8 Å². The van der Waals surface area contributed by atoms with Gasteiger partial charge in [0.15, 0.2) is 0 Å². The first kappa shape index (κ1) is 15.7. The number of urea groups is 1. The molecule has 2 heterocycles. The van der Waals surface area contributed by atoms with E-state index in [-0.39, 0.29) is 6.03 Å². The van der Waals surface area contributed by atoms with E-state index in [4.69, 9.17) is 0 Å². The predicted octanol–water partition coefficient (Wildman–Crippen LogP) is 2.86. The highest BCUT2D eigenvalue weighted by Crippen LogP contribution is 2.33. The molecule has 0 aliphatic carbocycles. The number of nitrogens with one attached hydrogen (secondary N) is 2. The number of carbonyl (C=O) groups is 2. The molecule has 4 nitrogen and oxygen atoms in total. The summed E-state index contributed by atoms with van der Waals surface area (Å²) in [5, 5.41) is 6.49. The summed E-state index contributed by atoms with van der Waals surface area (Å²) in [5.41, 5.74) is 0. The highest BCUT2D eigenvalue weighted by atomic mass is 32.2. The summed E-state index contributed by atoms with van der Waals surface area (Å²) in [6.45, 7) is 2.16. The first-order chi connectivity index (χ1) is 9.70. The van der Waals surface area contributed by atoms with Gasteiger partial charge in [-0.3, -0.25) is 4.79 Å². The van der Waals surface area contributed by atoms with Crippen LogP contribution in [0.1, 0.15) is 58.3 Å². The molecule has 2 amide bonds. The van der Waals surface area contributed by atoms with Gasteiger partial charge in [0, 0.05) is 23.8 Å². The Labute approximate surface area is 125 Å². The zero-order valence-corrected chi connectivity index (χ0v) is 13.1. The summed E-state index contributed by atoms with van der Waals surface area (Å²) in [6.07, 6.45) is 8.09. The van der Waals surface area contributed by atoms with Gasteiger partial charge in [0.25, 0.3) is 0 Å². The second-order valence-corrected chi connectivity index (χ2v) is 7.14. The van der Waals surface area contributed by atoms with Gasteiger partial charge in [-0.25, -0.2) is 4.79 Å². The van der Waals surface area contributed by atoms with E-state index >= 15 is 0 Å². The van der Waals surface area contributed by atoms with Crippen molar-refractivity contribution in [3.05, 3.63) is 0 Å². The Morgan fingerprint density at radius 1 is 1.20 bits per heavy atom. The van der Waals surface area contributed by atoms with E-state index in [1.807, 2.05) is 11.8 Å². The van der Waals surface area contributed by atoms with E-state index in [1.54, 1.807) is 0 Å². The smallest absolute Gasteiger partial charge is 0.315 e. The molecule has 0 bridgehead atoms. The fraction of sp³-hybridized carbons (Fsp3) is 0.867. The minimum Gasteiger partial charge on any atom is -0.332 e. The summed E-state index contributed by atoms with van der Waals surface area (Å²) in [7, 11) is 0. The molecule has 2 aliphatic rings. The summed E-state index contributed by atoms with van der Waals surface area (Å²) < 4.78 is 0. The maximum atomic E-state index is 11.7. The monoisotopic (exact) mass is 298 g/mol. The van der Waals surface area contributed by atoms with E-state index in [0.717, 1.165) is 44.3 Å². The van der Waals surface area contributed by atoms with Crippen LogP contribution in [0.5, 0.6) is 0 Å². The van der Waals surface area contributed by atoms with Crippen LogP contribution in [0.4, 0.5) is 4.79 Å². The van der Waals surface area contributed by atoms with Crippen LogP contribution in [0, 0.1) is 0 Å². The molecule has 2 N–H and O–H groups in total. The Balaban J connectivity index is 1.55. The molecule has 5 heteroatoms. The number of thioether (sulfide) groups is 1. The normalized spacial score (nSPS) is 28.1. The topological polar surface area (TPSA) is 58.2 Å². The number of ketones is 1. The van der Waals surface area contributed by atoms with Crippen molar-refractivity contribution in [3.63, 3.8) is 0 Å². The van der Waals surface area contributed by atoms with Crippen LogP contribution in [0.25, 0.3) is 0 Å². The average molecular weight is 298 g/mol. The minimum atomic E-state index is -0.0172. The molecule has 2 saturated heterocycles. The summed E-state index contributed by atoms with van der Waals surface area (Å²) in [4.78, 5) is 22.9. The van der Waals surface area contributed by atoms with Crippen LogP contribution in [0.15, 0.2) is 0 Å². The number of fused-ring (bicyclic) bond motifs is 1. The van der Waals surface area contributed by atoms with Crippen molar-refractivity contribution in [1.29, 1.82) is 0 Å². The van der Waals surface area contributed by atoms with E-state index in [2.05, 4.69) is 17.6 Å². The number of amides is 2. The molecule has 114 valence electrons. The molecule has 3 atom stereocenters. The first-order valence-electron chi connectivity index (χ1n) is 7.91. The van der Waals surface area contributed by atoms with E-state index < -0.39 is 0 Å². The molecule has 2 rings (SSSR count). The maximum Gasteiger partial charge on any atom is 0.315 e. The molecule has 2 aliphatic heterocycles. The van der Waals surface area contributed by atoms with Gasteiger partial charge in [-0.05, 0) is 19.3 Å². The lowest BCUT2D eigenvalue weighted by atomic mass is 10.0. The molecule has 0 aromatic rings. The zero-order valence-electron chi connectivity index (χ0n) is 12.3. The highest BCUT2D eigenvalue weighted by molar-refractivity contribution is 8.00. The van der Waals surface area contributed by atoms with E-state index in [0.29, 0.717) is 23.1 Å². The Morgan fingerprint density at radius 3 is 2.70 bits per heavy atom. The standard InChI is InChI=1S/C15H26N2O2S/c1-2-3-4-7-11(18)8-5-6-9-13-14-12(10-20-13)16-15(19)17-14/h12-14H,2-10H2,1H3,(H2,16,17,19)/t12-,13-,14-/m0/s1. The number of rotatable bonds is 9. The number of Topliss-reactive ketones (excluding diaryl/α,β-unsaturated/α-hetero) is 1. The minimum absolute atomic E-state index is 0.0172. The van der Waals surface area contributed by atoms with Gasteiger partial charge >= 0.3 is 6.03 Å². The Morgan fingerprint density at radius 2 is 1.95 bits per heavy atom. The van der Waals surface area contributed by atoms with Gasteiger partial charge in [0.2, 0.25) is 0 Å². The van der Waals surface area contributed by atoms with Crippen molar-refractivity contribution in [2.45, 2.75) is 75.6 Å². The molecule has 0 radical (unpaired) electrons. The molecular formula is C15H26N2O2S. The predicted molar refractivity (Wildman–Crippen MR) is 83.1 cm³/mol. The van der Waals surface area contributed by atoms with Crippen molar-refractivity contribution >= 4 is 23.6 Å². The summed E-state index contributed by atoms with van der Waals surface area (Å²) in [5.74, 6) is 1.44. The Hall–Kier alpha value is -0.710. The van der Waals surface area contributed by atoms with Crippen molar-refractivity contribution in [3.8, 4) is 0 Å². The van der Waals surface area contributed by atoms with Gasteiger partial charge in [0.05, 0.1) is 12.1 Å². The molecular weight excluding hydrogens is 272 g/mol. The van der Waals surface area contributed by atoms with Crippen LogP contribution in [0.3, 0.4) is 0 Å². The van der Waals surface area contributed by atoms with Crippen LogP contribution in [-0.2, 0) is 4.79 Å². The SMILES string of the molecule is CCCCCC(=O)CCCC[C@@H]1SC[C@@H]2NC(=O)N[C@@H]21. The number of hydrogen-bond donors (Lipinski definition) is 2. The third-order valence-corrected chi connectivity index (χ3v) is 5.70. The summed E-state index contributed by atoms with van der Waals surface area (Å²) >= 11 is 1.95. The summed E-state index contributed by atoms with van der Waals surface area (Å²) in [6, 6.07) is 0.595. The molecule has 0 spiro atoms. The van der Waals surface area contributed by atoms with Crippen molar-refractivity contribution in [2.75, 3.05) is 5.75 Å². The highest BCUT2D eigenvalue weighted by Gasteiger charge is 2.42. The Bertz CT molecular complexity index is 349. The number of unbranched alkanes of at least 4 members (excludes halogenated alkanes) is 3. The number of carbonyl (C=O) groups excluding carboxylic acids is 2. The average Bonchev–Trinajstić information content (AvgIpc) is 2.95. The van der Waals surface area contributed by atoms with Crippen molar-refractivity contribution in [2.24, 2.45) is 0 Å². The van der Waals surface area contributed by atoms with Gasteiger partial charge in [0.1, 0.15) is 5.78 Å². The van der Waals surface area contributed by atoms with Gasteiger partial charge in [-0.2, -0.15) is 11.8 Å². The first-order valence-corrected chi connectivity index (χ1v) is 8.96. The lowest BCUT2D eigenvalue weighted by Gasteiger charge is -2.16. The Kier molecular flexibility index (Phi) is 6.20. The molecule has 0 saturated carbocycles. The third kappa shape index (κ3) is 4.40. The van der Waals surface area contributed by atoms with Gasteiger partial charge in [-0.1, -0.05) is 26.2 Å². The van der Waals surface area contributed by atoms with E-state index in [9.17, 15) is 9.59 Å². The molecule has 2 fully saturated rings. The second-order valence-electron chi connectivity index (χ2n) is 5.86. The fourth-order valence-electron chi connectivity index (χ4n) is 3.01. The van der Waals surface area contributed by atoms with Crippen molar-refractivity contribution < 1.29 is 9.59 Å². The molecule has 0 aromatic heterocycles. The number of hydrogen-bond acceptors (Lipinski definition) is 3. The quantitative estimate of drug-likeness (QED) is 0.508. The van der Waals surface area contributed by atoms with Crippen LogP contribution < -0.4 is 10.6 Å². The maximum absolute atomic E-state index is 11.7. The van der Waals surface area contributed by atoms with Gasteiger partial charge < -0.3 is 10.6 Å². The molecule has 0 unspecified atom stereocenters. The third-order valence-electron chi connectivity index (χ3n) is 4.19. The lowest BCUT2D eigenvalue weighted by molar-refractivity contribution is -0.119. The van der Waals surface area contributed by atoms with Crippen LogP contribution in [-0.4, -0.2) is 34.9 Å². The van der Waals surface area contributed by atoms with Crippen LogP contribution in [0.2, 0.25) is 0 Å².